The summed E-state index contributed by atoms with van der Waals surface area (Å²) < 4.78 is 1.14. The van der Waals surface area contributed by atoms with E-state index >= 15 is 0 Å². The van der Waals surface area contributed by atoms with Crippen molar-refractivity contribution in [1.82, 2.24) is 9.88 Å². The Morgan fingerprint density at radius 2 is 1.71 bits per heavy atom. The van der Waals surface area contributed by atoms with Gasteiger partial charge in [-0.05, 0) is 59.0 Å². The summed E-state index contributed by atoms with van der Waals surface area (Å²) in [6.45, 7) is 3.13. The summed E-state index contributed by atoms with van der Waals surface area (Å²) >= 11 is 2.24. The number of anilines is 1. The van der Waals surface area contributed by atoms with Gasteiger partial charge in [0.15, 0.2) is 0 Å². The van der Waals surface area contributed by atoms with Crippen molar-refractivity contribution in [3.8, 4) is 0 Å². The van der Waals surface area contributed by atoms with Gasteiger partial charge in [0.05, 0.1) is 0 Å². The molecule has 1 amide bonds. The second-order valence-electron chi connectivity index (χ2n) is 4.97. The van der Waals surface area contributed by atoms with E-state index < -0.39 is 0 Å². The van der Waals surface area contributed by atoms with Crippen LogP contribution in [0.5, 0.6) is 0 Å². The number of rotatable bonds is 2. The van der Waals surface area contributed by atoms with Gasteiger partial charge in [0.1, 0.15) is 5.82 Å². The molecular formula is C16H16IN3O. The lowest BCUT2D eigenvalue weighted by atomic mass is 10.2. The summed E-state index contributed by atoms with van der Waals surface area (Å²) in [5, 5.41) is 0. The molecule has 0 saturated carbocycles. The van der Waals surface area contributed by atoms with E-state index in [1.54, 1.807) is 6.20 Å². The van der Waals surface area contributed by atoms with Crippen LogP contribution in [0.2, 0.25) is 0 Å². The third-order valence-corrected chi connectivity index (χ3v) is 4.35. The number of nitrogens with zero attached hydrogens (tertiary/aromatic N) is 3. The third-order valence-electron chi connectivity index (χ3n) is 3.63. The highest BCUT2D eigenvalue weighted by Gasteiger charge is 2.22. The molecule has 108 valence electrons. The Bertz CT molecular complexity index is 607. The molecule has 1 aromatic heterocycles. The first-order valence-corrected chi connectivity index (χ1v) is 8.03. The molecule has 1 saturated heterocycles. The summed E-state index contributed by atoms with van der Waals surface area (Å²) in [5.41, 5.74) is 0.765. The van der Waals surface area contributed by atoms with Crippen LogP contribution in [0.3, 0.4) is 0 Å². The smallest absolute Gasteiger partial charge is 0.253 e. The van der Waals surface area contributed by atoms with Gasteiger partial charge in [-0.15, -0.1) is 0 Å². The molecule has 21 heavy (non-hydrogen) atoms. The van der Waals surface area contributed by atoms with Crippen molar-refractivity contribution in [3.63, 3.8) is 0 Å². The van der Waals surface area contributed by atoms with Crippen LogP contribution in [-0.4, -0.2) is 42.0 Å². The number of amides is 1. The van der Waals surface area contributed by atoms with Crippen molar-refractivity contribution in [3.05, 3.63) is 57.8 Å². The molecule has 0 N–H and O–H groups in total. The maximum Gasteiger partial charge on any atom is 0.253 e. The Kier molecular flexibility index (Phi) is 4.38. The third kappa shape index (κ3) is 3.34. The average molecular weight is 393 g/mol. The largest absolute Gasteiger partial charge is 0.353 e. The predicted molar refractivity (Wildman–Crippen MR) is 91.5 cm³/mol. The SMILES string of the molecule is O=C(c1ccc(I)cc1)N1CCN(c2ccccn2)CC1. The van der Waals surface area contributed by atoms with Gasteiger partial charge in [-0.1, -0.05) is 6.07 Å². The summed E-state index contributed by atoms with van der Waals surface area (Å²) in [6.07, 6.45) is 1.80. The Morgan fingerprint density at radius 1 is 1.00 bits per heavy atom. The van der Waals surface area contributed by atoms with Crippen LogP contribution >= 0.6 is 22.6 Å². The zero-order chi connectivity index (χ0) is 14.7. The van der Waals surface area contributed by atoms with Crippen LogP contribution in [-0.2, 0) is 0 Å². The van der Waals surface area contributed by atoms with Crippen molar-refractivity contribution in [2.45, 2.75) is 0 Å². The van der Waals surface area contributed by atoms with E-state index in [4.69, 9.17) is 0 Å². The van der Waals surface area contributed by atoms with Crippen LogP contribution in [0.1, 0.15) is 10.4 Å². The van der Waals surface area contributed by atoms with Crippen LogP contribution < -0.4 is 4.90 Å². The molecule has 1 aliphatic rings. The van der Waals surface area contributed by atoms with Gasteiger partial charge in [-0.2, -0.15) is 0 Å². The normalized spacial score (nSPS) is 15.1. The Labute approximate surface area is 137 Å². The molecule has 1 aromatic carbocycles. The molecule has 3 rings (SSSR count). The fourth-order valence-corrected chi connectivity index (χ4v) is 2.81. The lowest BCUT2D eigenvalue weighted by molar-refractivity contribution is 0.0746. The average Bonchev–Trinajstić information content (AvgIpc) is 2.56. The molecular weight excluding hydrogens is 377 g/mol. The number of hydrogen-bond donors (Lipinski definition) is 0. The highest BCUT2D eigenvalue weighted by molar-refractivity contribution is 14.1. The van der Waals surface area contributed by atoms with Crippen molar-refractivity contribution < 1.29 is 4.79 Å². The number of piperazine rings is 1. The maximum absolute atomic E-state index is 12.4. The van der Waals surface area contributed by atoms with Gasteiger partial charge in [0, 0.05) is 41.5 Å². The quantitative estimate of drug-likeness (QED) is 0.737. The lowest BCUT2D eigenvalue weighted by Crippen LogP contribution is -2.49. The van der Waals surface area contributed by atoms with Crippen LogP contribution in [0.4, 0.5) is 5.82 Å². The van der Waals surface area contributed by atoms with Crippen LogP contribution in [0.15, 0.2) is 48.7 Å². The van der Waals surface area contributed by atoms with E-state index in [0.29, 0.717) is 0 Å². The van der Waals surface area contributed by atoms with Gasteiger partial charge < -0.3 is 9.80 Å². The van der Waals surface area contributed by atoms with Crippen molar-refractivity contribution in [1.29, 1.82) is 0 Å². The Morgan fingerprint density at radius 3 is 2.33 bits per heavy atom. The van der Waals surface area contributed by atoms with Crippen LogP contribution in [0.25, 0.3) is 0 Å². The van der Waals surface area contributed by atoms with E-state index in [1.165, 1.54) is 0 Å². The van der Waals surface area contributed by atoms with E-state index in [0.717, 1.165) is 41.1 Å². The number of hydrogen-bond acceptors (Lipinski definition) is 3. The lowest BCUT2D eigenvalue weighted by Gasteiger charge is -2.35. The summed E-state index contributed by atoms with van der Waals surface area (Å²) in [5.74, 6) is 1.10. The standard InChI is InChI=1S/C16H16IN3O/c17-14-6-4-13(5-7-14)16(21)20-11-9-19(10-12-20)15-3-1-2-8-18-15/h1-8H,9-12H2. The number of halogens is 1. The second-order valence-corrected chi connectivity index (χ2v) is 6.22. The highest BCUT2D eigenvalue weighted by Crippen LogP contribution is 2.15. The number of carbonyl (C=O) groups excluding carboxylic acids is 1. The molecule has 0 unspecified atom stereocenters. The molecule has 0 radical (unpaired) electrons. The minimum Gasteiger partial charge on any atom is -0.353 e. The van der Waals surface area contributed by atoms with E-state index in [-0.39, 0.29) is 5.91 Å². The number of pyridine rings is 1. The monoisotopic (exact) mass is 393 g/mol. The van der Waals surface area contributed by atoms with E-state index in [9.17, 15) is 4.79 Å². The van der Waals surface area contributed by atoms with Crippen LogP contribution in [0, 0.1) is 3.57 Å². The van der Waals surface area contributed by atoms with Gasteiger partial charge in [-0.3, -0.25) is 4.79 Å². The predicted octanol–water partition coefficient (Wildman–Crippen LogP) is 2.65. The molecule has 2 heterocycles. The van der Waals surface area contributed by atoms with Crippen molar-refractivity contribution >= 4 is 34.3 Å². The maximum atomic E-state index is 12.4. The van der Waals surface area contributed by atoms with Crippen molar-refractivity contribution in [2.75, 3.05) is 31.1 Å². The molecule has 0 spiro atoms. The molecule has 0 aliphatic carbocycles. The minimum absolute atomic E-state index is 0.118. The van der Waals surface area contributed by atoms with E-state index in [2.05, 4.69) is 32.5 Å². The highest BCUT2D eigenvalue weighted by atomic mass is 127. The molecule has 2 aromatic rings. The minimum atomic E-state index is 0.118. The zero-order valence-corrected chi connectivity index (χ0v) is 13.7. The van der Waals surface area contributed by atoms with Gasteiger partial charge >= 0.3 is 0 Å². The summed E-state index contributed by atoms with van der Waals surface area (Å²) in [7, 11) is 0. The molecule has 0 bridgehead atoms. The molecule has 5 heteroatoms. The molecule has 4 nitrogen and oxygen atoms in total. The number of carbonyl (C=O) groups is 1. The Hall–Kier alpha value is -1.63. The molecule has 0 atom stereocenters. The second kappa shape index (κ2) is 6.43. The zero-order valence-electron chi connectivity index (χ0n) is 11.6. The first-order valence-electron chi connectivity index (χ1n) is 6.95. The van der Waals surface area contributed by atoms with Gasteiger partial charge in [-0.25, -0.2) is 4.98 Å². The van der Waals surface area contributed by atoms with Gasteiger partial charge in [0.25, 0.3) is 5.91 Å². The molecule has 1 fully saturated rings. The number of benzene rings is 1. The van der Waals surface area contributed by atoms with Crippen molar-refractivity contribution in [2.24, 2.45) is 0 Å². The first-order chi connectivity index (χ1) is 10.2. The Balaban J connectivity index is 1.63. The number of aromatic nitrogens is 1. The van der Waals surface area contributed by atoms with E-state index in [1.807, 2.05) is 47.4 Å². The summed E-state index contributed by atoms with van der Waals surface area (Å²) in [6, 6.07) is 13.7. The first kappa shape index (κ1) is 14.3. The molecule has 1 aliphatic heterocycles. The topological polar surface area (TPSA) is 36.4 Å². The summed E-state index contributed by atoms with van der Waals surface area (Å²) in [4.78, 5) is 20.9. The fourth-order valence-electron chi connectivity index (χ4n) is 2.45. The fraction of sp³-hybridized carbons (Fsp3) is 0.250. The van der Waals surface area contributed by atoms with Gasteiger partial charge in [0.2, 0.25) is 0 Å².